The number of aromatic carboxylic acids is 1. The first-order valence-corrected chi connectivity index (χ1v) is 15.3. The lowest BCUT2D eigenvalue weighted by atomic mass is 9.76. The van der Waals surface area contributed by atoms with Crippen molar-refractivity contribution in [3.05, 3.63) is 95.6 Å². The van der Waals surface area contributed by atoms with Gasteiger partial charge in [0.2, 0.25) is 15.9 Å². The minimum absolute atomic E-state index is 0.00697. The monoisotopic (exact) mass is 605 g/mol. The Morgan fingerprint density at radius 2 is 1.42 bits per heavy atom. The maximum atomic E-state index is 13.6. The molecule has 0 spiro atoms. The number of rotatable bonds is 10. The van der Waals surface area contributed by atoms with E-state index < -0.39 is 45.9 Å². The molecule has 1 aliphatic carbocycles. The molecule has 224 valence electrons. The number of hydrogen-bond donors (Lipinski definition) is 4. The molecule has 3 aromatic rings. The molecule has 3 fully saturated rings. The predicted molar refractivity (Wildman–Crippen MR) is 156 cm³/mol. The molecule has 2 aliphatic heterocycles. The van der Waals surface area contributed by atoms with Gasteiger partial charge in [-0.3, -0.25) is 9.59 Å². The fraction of sp³-hybridized carbons (Fsp3) is 0.290. The molecule has 0 unspecified atom stereocenters. The van der Waals surface area contributed by atoms with E-state index in [4.69, 9.17) is 0 Å². The van der Waals surface area contributed by atoms with Gasteiger partial charge in [0.15, 0.2) is 0 Å². The van der Waals surface area contributed by atoms with Crippen LogP contribution >= 0.6 is 0 Å². The van der Waals surface area contributed by atoms with E-state index in [9.17, 15) is 37.8 Å². The molecule has 3 aliphatic rings. The summed E-state index contributed by atoms with van der Waals surface area (Å²) in [6.07, 6.45) is 2.58. The SMILES string of the molecule is O=C(O)c1ccccc1C(=O)Nc1ccc(C[C@H](NC(=O)[C@@H]2C3CCC(CC3)N2S(=O)(=O)c2ccccc2)C(=O)O)cc1. The number of amides is 2. The van der Waals surface area contributed by atoms with Crippen molar-refractivity contribution >= 4 is 39.5 Å². The minimum Gasteiger partial charge on any atom is -0.480 e. The van der Waals surface area contributed by atoms with E-state index in [1.807, 2.05) is 0 Å². The Balaban J connectivity index is 1.29. The predicted octanol–water partition coefficient (Wildman–Crippen LogP) is 3.38. The molecule has 43 heavy (non-hydrogen) atoms. The zero-order valence-electron chi connectivity index (χ0n) is 23.0. The molecule has 6 rings (SSSR count). The van der Waals surface area contributed by atoms with Crippen LogP contribution in [0.5, 0.6) is 0 Å². The van der Waals surface area contributed by atoms with E-state index >= 15 is 0 Å². The summed E-state index contributed by atoms with van der Waals surface area (Å²) in [6, 6.07) is 17.4. The molecule has 0 radical (unpaired) electrons. The number of fused-ring (bicyclic) bond motifs is 3. The van der Waals surface area contributed by atoms with Crippen LogP contribution in [0.2, 0.25) is 0 Å². The van der Waals surface area contributed by atoms with Crippen LogP contribution in [0.25, 0.3) is 0 Å². The summed E-state index contributed by atoms with van der Waals surface area (Å²) in [5.41, 5.74) is 0.769. The largest absolute Gasteiger partial charge is 0.480 e. The van der Waals surface area contributed by atoms with E-state index in [1.54, 1.807) is 48.5 Å². The van der Waals surface area contributed by atoms with Crippen molar-refractivity contribution in [3.8, 4) is 0 Å². The summed E-state index contributed by atoms with van der Waals surface area (Å²) >= 11 is 0. The Morgan fingerprint density at radius 3 is 2.02 bits per heavy atom. The average Bonchev–Trinajstić information content (AvgIpc) is 3.02. The molecule has 2 saturated heterocycles. The second-order valence-electron chi connectivity index (χ2n) is 10.8. The summed E-state index contributed by atoms with van der Waals surface area (Å²) in [4.78, 5) is 50.0. The number of carboxylic acids is 2. The minimum atomic E-state index is -3.99. The van der Waals surface area contributed by atoms with Gasteiger partial charge in [0.25, 0.3) is 5.91 Å². The van der Waals surface area contributed by atoms with Gasteiger partial charge < -0.3 is 20.8 Å². The van der Waals surface area contributed by atoms with Crippen molar-refractivity contribution < 1.29 is 37.8 Å². The van der Waals surface area contributed by atoms with Crippen molar-refractivity contribution in [2.45, 2.75) is 55.1 Å². The van der Waals surface area contributed by atoms with Crippen LogP contribution in [-0.2, 0) is 26.0 Å². The average molecular weight is 606 g/mol. The van der Waals surface area contributed by atoms with Crippen LogP contribution < -0.4 is 10.6 Å². The standard InChI is InChI=1S/C31H31N3O8S/c35-28(24-8-4-5-9-25(24)30(37)38)32-21-14-10-19(11-15-21)18-26(31(39)40)33-29(36)27-20-12-16-22(17-13-20)34(27)43(41,42)23-6-2-1-3-7-23/h1-11,14-15,20,22,26-27H,12-13,16-18H2,(H,32,35)(H,33,36)(H,37,38)(H,39,40)/t20?,22?,26-,27-/m0/s1. The Labute approximate surface area is 248 Å². The summed E-state index contributed by atoms with van der Waals surface area (Å²) in [7, 11) is -3.99. The van der Waals surface area contributed by atoms with E-state index in [2.05, 4.69) is 10.6 Å². The fourth-order valence-corrected chi connectivity index (χ4v) is 7.89. The van der Waals surface area contributed by atoms with Gasteiger partial charge in [0.05, 0.1) is 16.0 Å². The van der Waals surface area contributed by atoms with Crippen molar-refractivity contribution in [1.82, 2.24) is 9.62 Å². The van der Waals surface area contributed by atoms with Crippen molar-refractivity contribution in [2.75, 3.05) is 5.32 Å². The molecule has 11 nitrogen and oxygen atoms in total. The molecule has 12 heteroatoms. The van der Waals surface area contributed by atoms with Gasteiger partial charge in [-0.1, -0.05) is 42.5 Å². The number of carbonyl (C=O) groups excluding carboxylic acids is 2. The highest BCUT2D eigenvalue weighted by molar-refractivity contribution is 7.89. The summed E-state index contributed by atoms with van der Waals surface area (Å²) in [5, 5.41) is 24.5. The Morgan fingerprint density at radius 1 is 0.814 bits per heavy atom. The van der Waals surface area contributed by atoms with Crippen LogP contribution in [0.1, 0.15) is 52.0 Å². The van der Waals surface area contributed by atoms with Crippen LogP contribution in [-0.4, -0.2) is 64.8 Å². The fourth-order valence-electron chi connectivity index (χ4n) is 5.98. The van der Waals surface area contributed by atoms with E-state index in [-0.39, 0.29) is 34.4 Å². The van der Waals surface area contributed by atoms with Crippen LogP contribution in [0.3, 0.4) is 0 Å². The molecular formula is C31H31N3O8S. The third-order valence-corrected chi connectivity index (χ3v) is 10.0. The van der Waals surface area contributed by atoms with Gasteiger partial charge in [-0.25, -0.2) is 18.0 Å². The van der Waals surface area contributed by atoms with E-state index in [1.165, 1.54) is 34.6 Å². The number of nitrogens with one attached hydrogen (secondary N) is 2. The van der Waals surface area contributed by atoms with Crippen molar-refractivity contribution in [1.29, 1.82) is 0 Å². The topological polar surface area (TPSA) is 170 Å². The van der Waals surface area contributed by atoms with E-state index in [0.717, 1.165) is 0 Å². The molecule has 1 saturated carbocycles. The third kappa shape index (κ3) is 6.30. The lowest BCUT2D eigenvalue weighted by Crippen LogP contribution is -2.63. The van der Waals surface area contributed by atoms with Crippen LogP contribution in [0.15, 0.2) is 83.8 Å². The smallest absolute Gasteiger partial charge is 0.336 e. The van der Waals surface area contributed by atoms with Gasteiger partial charge in [0, 0.05) is 18.2 Å². The van der Waals surface area contributed by atoms with Crippen LogP contribution in [0, 0.1) is 5.92 Å². The second kappa shape index (κ2) is 12.4. The van der Waals surface area contributed by atoms with Crippen molar-refractivity contribution in [2.24, 2.45) is 5.92 Å². The highest BCUT2D eigenvalue weighted by atomic mass is 32.2. The lowest BCUT2D eigenvalue weighted by Gasteiger charge is -2.49. The van der Waals surface area contributed by atoms with Gasteiger partial charge in [-0.15, -0.1) is 0 Å². The Hall–Kier alpha value is -4.55. The number of carboxylic acid groups (broad SMARTS) is 2. The molecule has 0 aromatic heterocycles. The number of benzene rings is 3. The molecule has 2 heterocycles. The van der Waals surface area contributed by atoms with Crippen molar-refractivity contribution in [3.63, 3.8) is 0 Å². The quantitative estimate of drug-likeness (QED) is 0.273. The summed E-state index contributed by atoms with van der Waals surface area (Å²) in [5.74, 6) is -3.97. The maximum Gasteiger partial charge on any atom is 0.336 e. The van der Waals surface area contributed by atoms with Gasteiger partial charge >= 0.3 is 11.9 Å². The first-order chi connectivity index (χ1) is 20.6. The molecule has 2 atom stereocenters. The molecule has 3 aromatic carbocycles. The molecule has 2 bridgehead atoms. The third-order valence-electron chi connectivity index (χ3n) is 8.08. The maximum absolute atomic E-state index is 13.6. The number of nitrogens with zero attached hydrogens (tertiary/aromatic N) is 1. The highest BCUT2D eigenvalue weighted by Gasteiger charge is 2.51. The van der Waals surface area contributed by atoms with Gasteiger partial charge in [0.1, 0.15) is 12.1 Å². The highest BCUT2D eigenvalue weighted by Crippen LogP contribution is 2.42. The Bertz CT molecular complexity index is 1630. The molecular weight excluding hydrogens is 574 g/mol. The number of carbonyl (C=O) groups is 4. The lowest BCUT2D eigenvalue weighted by molar-refractivity contribution is -0.143. The number of aliphatic carboxylic acids is 1. The van der Waals surface area contributed by atoms with Gasteiger partial charge in [-0.2, -0.15) is 4.31 Å². The number of piperidine rings is 2. The number of anilines is 1. The van der Waals surface area contributed by atoms with Crippen LogP contribution in [0.4, 0.5) is 5.69 Å². The molecule has 2 amide bonds. The summed E-state index contributed by atoms with van der Waals surface area (Å²) < 4.78 is 28.5. The first-order valence-electron chi connectivity index (χ1n) is 13.9. The zero-order chi connectivity index (χ0) is 30.7. The Kier molecular flexibility index (Phi) is 8.60. The van der Waals surface area contributed by atoms with Gasteiger partial charge in [-0.05, 0) is 73.6 Å². The number of sulfonamides is 1. The second-order valence-corrected chi connectivity index (χ2v) is 12.6. The molecule has 4 N–H and O–H groups in total. The normalized spacial score (nSPS) is 20.6. The summed E-state index contributed by atoms with van der Waals surface area (Å²) in [6.45, 7) is 0. The number of hydrogen-bond acceptors (Lipinski definition) is 6. The first kappa shape index (κ1) is 29.9. The zero-order valence-corrected chi connectivity index (χ0v) is 23.9. The van der Waals surface area contributed by atoms with E-state index in [0.29, 0.717) is 36.9 Å².